The molecule has 0 spiro atoms. The summed E-state index contributed by atoms with van der Waals surface area (Å²) in [5.41, 5.74) is 5.70. The maximum absolute atomic E-state index is 5.70. The summed E-state index contributed by atoms with van der Waals surface area (Å²) in [6.07, 6.45) is 1.98. The van der Waals surface area contributed by atoms with Crippen molar-refractivity contribution in [2.24, 2.45) is 11.7 Å². The van der Waals surface area contributed by atoms with Crippen LogP contribution >= 0.6 is 12.4 Å². The standard InChI is InChI=1S/C11H20N4O.ClH/c1-3-11-13-10(14-16-11)7-15-6-9(5-12)4-8(15)2;/h8-9H,3-7,12H2,1-2H3;1H. The number of aromatic nitrogens is 2. The minimum Gasteiger partial charge on any atom is -0.339 e. The summed E-state index contributed by atoms with van der Waals surface area (Å²) in [6, 6.07) is 0.567. The monoisotopic (exact) mass is 260 g/mol. The van der Waals surface area contributed by atoms with E-state index >= 15 is 0 Å². The predicted molar refractivity (Wildman–Crippen MR) is 68.0 cm³/mol. The van der Waals surface area contributed by atoms with Crippen molar-refractivity contribution in [3.8, 4) is 0 Å². The van der Waals surface area contributed by atoms with Gasteiger partial charge in [0.05, 0.1) is 6.54 Å². The fourth-order valence-electron chi connectivity index (χ4n) is 2.29. The molecule has 1 fully saturated rings. The van der Waals surface area contributed by atoms with E-state index in [1.54, 1.807) is 0 Å². The van der Waals surface area contributed by atoms with Gasteiger partial charge in [-0.25, -0.2) is 0 Å². The van der Waals surface area contributed by atoms with Gasteiger partial charge in [0.2, 0.25) is 5.89 Å². The fraction of sp³-hybridized carbons (Fsp3) is 0.818. The van der Waals surface area contributed by atoms with E-state index in [9.17, 15) is 0 Å². The molecular weight excluding hydrogens is 240 g/mol. The van der Waals surface area contributed by atoms with Gasteiger partial charge in [-0.05, 0) is 25.8 Å². The van der Waals surface area contributed by atoms with E-state index in [1.165, 1.54) is 6.42 Å². The third kappa shape index (κ3) is 3.40. The molecule has 0 radical (unpaired) electrons. The number of nitrogens with two attached hydrogens (primary N) is 1. The van der Waals surface area contributed by atoms with Gasteiger partial charge in [-0.3, -0.25) is 4.90 Å². The fourth-order valence-corrected chi connectivity index (χ4v) is 2.29. The highest BCUT2D eigenvalue weighted by Crippen LogP contribution is 2.23. The van der Waals surface area contributed by atoms with Gasteiger partial charge in [-0.15, -0.1) is 12.4 Å². The van der Waals surface area contributed by atoms with Crippen LogP contribution in [0.25, 0.3) is 0 Å². The van der Waals surface area contributed by atoms with Gasteiger partial charge in [0, 0.05) is 19.0 Å². The van der Waals surface area contributed by atoms with Crippen LogP contribution in [0.1, 0.15) is 32.0 Å². The minimum absolute atomic E-state index is 0. The molecule has 17 heavy (non-hydrogen) atoms. The van der Waals surface area contributed by atoms with Crippen molar-refractivity contribution in [3.05, 3.63) is 11.7 Å². The van der Waals surface area contributed by atoms with Crippen LogP contribution in [-0.2, 0) is 13.0 Å². The van der Waals surface area contributed by atoms with Crippen LogP contribution in [0, 0.1) is 5.92 Å². The molecule has 2 rings (SSSR count). The highest BCUT2D eigenvalue weighted by Gasteiger charge is 2.28. The summed E-state index contributed by atoms with van der Waals surface area (Å²) in [5.74, 6) is 2.13. The minimum atomic E-state index is 0. The summed E-state index contributed by atoms with van der Waals surface area (Å²) < 4.78 is 5.10. The molecule has 98 valence electrons. The Labute approximate surface area is 108 Å². The molecule has 6 heteroatoms. The average Bonchev–Trinajstić information content (AvgIpc) is 2.87. The zero-order valence-electron chi connectivity index (χ0n) is 10.4. The summed E-state index contributed by atoms with van der Waals surface area (Å²) >= 11 is 0. The van der Waals surface area contributed by atoms with E-state index in [-0.39, 0.29) is 12.4 Å². The number of hydrogen-bond acceptors (Lipinski definition) is 5. The maximum Gasteiger partial charge on any atom is 0.226 e. The summed E-state index contributed by atoms with van der Waals surface area (Å²) in [5, 5.41) is 3.98. The Bertz CT molecular complexity index is 344. The summed E-state index contributed by atoms with van der Waals surface area (Å²) in [4.78, 5) is 6.70. The van der Waals surface area contributed by atoms with Crippen molar-refractivity contribution in [2.75, 3.05) is 13.1 Å². The first kappa shape index (κ1) is 14.4. The third-order valence-corrected chi connectivity index (χ3v) is 3.28. The van der Waals surface area contributed by atoms with E-state index in [1.807, 2.05) is 6.92 Å². The molecule has 1 aromatic heterocycles. The van der Waals surface area contributed by atoms with Crippen LogP contribution in [0.5, 0.6) is 0 Å². The van der Waals surface area contributed by atoms with Gasteiger partial charge in [0.15, 0.2) is 5.82 Å². The number of aryl methyl sites for hydroxylation is 1. The summed E-state index contributed by atoms with van der Waals surface area (Å²) in [7, 11) is 0. The Kier molecular flexibility index (Phi) is 5.36. The lowest BCUT2D eigenvalue weighted by atomic mass is 10.1. The molecule has 2 unspecified atom stereocenters. The smallest absolute Gasteiger partial charge is 0.226 e. The van der Waals surface area contributed by atoms with E-state index in [2.05, 4.69) is 22.0 Å². The SMILES string of the molecule is CCc1nc(CN2CC(CN)CC2C)no1.Cl. The quantitative estimate of drug-likeness (QED) is 0.882. The Morgan fingerprint density at radius 3 is 2.82 bits per heavy atom. The Balaban J connectivity index is 0.00000144. The van der Waals surface area contributed by atoms with Crippen LogP contribution in [-0.4, -0.2) is 34.2 Å². The highest BCUT2D eigenvalue weighted by atomic mass is 35.5. The zero-order chi connectivity index (χ0) is 11.5. The van der Waals surface area contributed by atoms with Crippen LogP contribution < -0.4 is 5.73 Å². The highest BCUT2D eigenvalue weighted by molar-refractivity contribution is 5.85. The molecule has 0 aliphatic carbocycles. The van der Waals surface area contributed by atoms with Crippen molar-refractivity contribution < 1.29 is 4.52 Å². The number of halogens is 1. The van der Waals surface area contributed by atoms with Crippen molar-refractivity contribution in [2.45, 2.75) is 39.3 Å². The first-order valence-electron chi connectivity index (χ1n) is 5.98. The molecule has 0 bridgehead atoms. The van der Waals surface area contributed by atoms with Gasteiger partial charge in [-0.2, -0.15) is 4.98 Å². The van der Waals surface area contributed by atoms with Crippen LogP contribution in [0.4, 0.5) is 0 Å². The molecule has 1 aromatic rings. The second-order valence-corrected chi connectivity index (χ2v) is 4.57. The largest absolute Gasteiger partial charge is 0.339 e. The van der Waals surface area contributed by atoms with E-state index in [0.717, 1.165) is 37.8 Å². The molecule has 2 heterocycles. The molecule has 0 aromatic carbocycles. The molecule has 0 amide bonds. The third-order valence-electron chi connectivity index (χ3n) is 3.28. The van der Waals surface area contributed by atoms with Gasteiger partial charge >= 0.3 is 0 Å². The molecular formula is C11H21ClN4O. The number of rotatable bonds is 4. The molecule has 2 atom stereocenters. The van der Waals surface area contributed by atoms with Crippen LogP contribution in [0.15, 0.2) is 4.52 Å². The molecule has 1 aliphatic rings. The van der Waals surface area contributed by atoms with E-state index < -0.39 is 0 Å². The molecule has 1 saturated heterocycles. The van der Waals surface area contributed by atoms with Crippen molar-refractivity contribution in [3.63, 3.8) is 0 Å². The van der Waals surface area contributed by atoms with Crippen molar-refractivity contribution >= 4 is 12.4 Å². The topological polar surface area (TPSA) is 68.2 Å². The Morgan fingerprint density at radius 2 is 2.29 bits per heavy atom. The normalized spacial score (nSPS) is 24.9. The van der Waals surface area contributed by atoms with Gasteiger partial charge in [0.1, 0.15) is 0 Å². The number of nitrogens with zero attached hydrogens (tertiary/aromatic N) is 3. The summed E-state index contributed by atoms with van der Waals surface area (Å²) in [6.45, 7) is 6.85. The van der Waals surface area contributed by atoms with Crippen LogP contribution in [0.2, 0.25) is 0 Å². The molecule has 2 N–H and O–H groups in total. The molecule has 0 saturated carbocycles. The second-order valence-electron chi connectivity index (χ2n) is 4.57. The van der Waals surface area contributed by atoms with Gasteiger partial charge < -0.3 is 10.3 Å². The lowest BCUT2D eigenvalue weighted by molar-refractivity contribution is 0.245. The molecule has 5 nitrogen and oxygen atoms in total. The molecule has 1 aliphatic heterocycles. The maximum atomic E-state index is 5.70. The lowest BCUT2D eigenvalue weighted by Crippen LogP contribution is -2.27. The number of likely N-dealkylation sites (tertiary alicyclic amines) is 1. The lowest BCUT2D eigenvalue weighted by Gasteiger charge is -2.18. The van der Waals surface area contributed by atoms with Crippen LogP contribution in [0.3, 0.4) is 0 Å². The van der Waals surface area contributed by atoms with Gasteiger partial charge in [0.25, 0.3) is 0 Å². The van der Waals surface area contributed by atoms with Crippen molar-refractivity contribution in [1.29, 1.82) is 0 Å². The number of hydrogen-bond donors (Lipinski definition) is 1. The first-order valence-corrected chi connectivity index (χ1v) is 5.98. The predicted octanol–water partition coefficient (Wildman–Crippen LogP) is 1.22. The first-order chi connectivity index (χ1) is 7.72. The average molecular weight is 261 g/mol. The van der Waals surface area contributed by atoms with Crippen molar-refractivity contribution in [1.82, 2.24) is 15.0 Å². The van der Waals surface area contributed by atoms with E-state index in [4.69, 9.17) is 10.3 Å². The zero-order valence-corrected chi connectivity index (χ0v) is 11.2. The van der Waals surface area contributed by atoms with E-state index in [0.29, 0.717) is 12.0 Å². The van der Waals surface area contributed by atoms with Gasteiger partial charge in [-0.1, -0.05) is 12.1 Å². The Morgan fingerprint density at radius 1 is 1.53 bits per heavy atom. The second kappa shape index (κ2) is 6.33. The Hall–Kier alpha value is -0.650.